The van der Waals surface area contributed by atoms with Crippen molar-refractivity contribution in [2.75, 3.05) is 6.61 Å². The Hall–Kier alpha value is -1.36. The number of aryl methyl sites for hydroxylation is 3. The van der Waals surface area contributed by atoms with E-state index in [9.17, 15) is 4.21 Å². The van der Waals surface area contributed by atoms with Crippen molar-refractivity contribution in [1.29, 1.82) is 0 Å². The van der Waals surface area contributed by atoms with E-state index in [0.717, 1.165) is 16.7 Å². The van der Waals surface area contributed by atoms with Crippen LogP contribution in [0.25, 0.3) is 0 Å². The third-order valence-corrected chi connectivity index (χ3v) is 3.55. The summed E-state index contributed by atoms with van der Waals surface area (Å²) in [6.07, 6.45) is 0. The Morgan fingerprint density at radius 3 is 2.33 bits per heavy atom. The van der Waals surface area contributed by atoms with E-state index < -0.39 is 11.1 Å². The van der Waals surface area contributed by atoms with Gasteiger partial charge in [-0.1, -0.05) is 17.7 Å². The van der Waals surface area contributed by atoms with Crippen LogP contribution >= 0.6 is 0 Å². The van der Waals surface area contributed by atoms with Gasteiger partial charge in [-0.15, -0.1) is 0 Å². The molecule has 100 valence electrons. The second kappa shape index (κ2) is 6.54. The lowest BCUT2D eigenvalue weighted by Crippen LogP contribution is -2.04. The summed E-state index contributed by atoms with van der Waals surface area (Å²) < 4.78 is 22.1. The second-order valence-electron chi connectivity index (χ2n) is 4.08. The summed E-state index contributed by atoms with van der Waals surface area (Å²) in [4.78, 5) is 0.675. The molecule has 5 heteroatoms. The Morgan fingerprint density at radius 1 is 1.28 bits per heavy atom. The number of rotatable bonds is 4. The molecule has 0 saturated heterocycles. The van der Waals surface area contributed by atoms with Crippen molar-refractivity contribution in [2.45, 2.75) is 39.5 Å². The fourth-order valence-electron chi connectivity index (χ4n) is 1.79. The molecule has 0 bridgehead atoms. The number of ether oxygens (including phenoxy) is 1. The summed E-state index contributed by atoms with van der Waals surface area (Å²) in [5.41, 5.74) is 3.02. The molecule has 18 heavy (non-hydrogen) atoms. The zero-order valence-corrected chi connectivity index (χ0v) is 12.3. The van der Waals surface area contributed by atoms with Gasteiger partial charge in [0, 0.05) is 6.92 Å². The fraction of sp³-hybridized carbons (Fsp3) is 0.462. The lowest BCUT2D eigenvalue weighted by molar-refractivity contribution is 0.287. The van der Waals surface area contributed by atoms with E-state index in [1.807, 2.05) is 39.8 Å². The minimum absolute atomic E-state index is 0.369. The van der Waals surface area contributed by atoms with Crippen LogP contribution in [0.4, 0.5) is 0 Å². The van der Waals surface area contributed by atoms with Gasteiger partial charge in [-0.05, 0) is 44.0 Å². The van der Waals surface area contributed by atoms with Gasteiger partial charge in [0.2, 0.25) is 5.90 Å². The molecule has 1 atom stereocenters. The van der Waals surface area contributed by atoms with E-state index in [2.05, 4.69) is 5.16 Å². The first-order valence-electron chi connectivity index (χ1n) is 5.80. The van der Waals surface area contributed by atoms with Crippen LogP contribution in [0.1, 0.15) is 30.5 Å². The normalized spacial score (nSPS) is 13.3. The van der Waals surface area contributed by atoms with Gasteiger partial charge in [-0.3, -0.25) is 4.28 Å². The fourth-order valence-corrected chi connectivity index (χ4v) is 2.68. The number of benzene rings is 1. The van der Waals surface area contributed by atoms with Crippen LogP contribution in [-0.4, -0.2) is 16.7 Å². The van der Waals surface area contributed by atoms with Gasteiger partial charge < -0.3 is 4.74 Å². The summed E-state index contributed by atoms with van der Waals surface area (Å²) >= 11 is -1.61. The lowest BCUT2D eigenvalue weighted by atomic mass is 10.1. The minimum atomic E-state index is -1.61. The highest BCUT2D eigenvalue weighted by Crippen LogP contribution is 2.21. The van der Waals surface area contributed by atoms with Crippen LogP contribution in [0.5, 0.6) is 0 Å². The van der Waals surface area contributed by atoms with E-state index in [1.54, 1.807) is 6.92 Å². The van der Waals surface area contributed by atoms with Crippen molar-refractivity contribution < 1.29 is 13.2 Å². The Morgan fingerprint density at radius 2 is 1.83 bits per heavy atom. The maximum atomic E-state index is 12.0. The summed E-state index contributed by atoms with van der Waals surface area (Å²) in [5.74, 6) is 0.369. The van der Waals surface area contributed by atoms with E-state index in [1.165, 1.54) is 0 Å². The Bertz CT molecular complexity index is 460. The average molecular weight is 269 g/mol. The van der Waals surface area contributed by atoms with E-state index in [4.69, 9.17) is 9.02 Å². The zero-order valence-electron chi connectivity index (χ0n) is 11.4. The number of hydrogen-bond donors (Lipinski definition) is 0. The van der Waals surface area contributed by atoms with Crippen LogP contribution in [0.15, 0.2) is 22.2 Å². The summed E-state index contributed by atoms with van der Waals surface area (Å²) in [6.45, 7) is 9.85. The van der Waals surface area contributed by atoms with Gasteiger partial charge >= 0.3 is 0 Å². The van der Waals surface area contributed by atoms with Crippen molar-refractivity contribution in [3.63, 3.8) is 0 Å². The van der Waals surface area contributed by atoms with E-state index >= 15 is 0 Å². The third-order valence-electron chi connectivity index (χ3n) is 2.36. The predicted molar refractivity (Wildman–Crippen MR) is 72.9 cm³/mol. The first kappa shape index (κ1) is 14.7. The van der Waals surface area contributed by atoms with Crippen molar-refractivity contribution in [1.82, 2.24) is 0 Å². The van der Waals surface area contributed by atoms with Crippen molar-refractivity contribution in [2.24, 2.45) is 5.16 Å². The van der Waals surface area contributed by atoms with Gasteiger partial charge in [-0.2, -0.15) is 0 Å². The molecule has 0 saturated carbocycles. The largest absolute Gasteiger partial charge is 0.479 e. The third kappa shape index (κ3) is 3.84. The van der Waals surface area contributed by atoms with E-state index in [-0.39, 0.29) is 0 Å². The van der Waals surface area contributed by atoms with Crippen LogP contribution < -0.4 is 0 Å². The molecular formula is C13H19NO3S. The van der Waals surface area contributed by atoms with Crippen LogP contribution in [0, 0.1) is 20.8 Å². The highest BCUT2D eigenvalue weighted by Gasteiger charge is 2.13. The van der Waals surface area contributed by atoms with Crippen LogP contribution in [0.2, 0.25) is 0 Å². The standard InChI is InChI=1S/C13H19NO3S/c1-6-16-12(5)14-17-18(15)13-10(3)7-9(2)8-11(13)4/h7-8H,6H2,1-5H3/b14-12-. The summed E-state index contributed by atoms with van der Waals surface area (Å²) in [6, 6.07) is 3.95. The molecule has 1 aromatic rings. The first-order valence-corrected chi connectivity index (χ1v) is 6.87. The molecule has 0 amide bonds. The highest BCUT2D eigenvalue weighted by atomic mass is 32.2. The SMILES string of the molecule is CCO/C(C)=N\OS(=O)c1c(C)cc(C)cc1C. The van der Waals surface area contributed by atoms with Crippen molar-refractivity contribution >= 4 is 17.0 Å². The molecule has 0 spiro atoms. The molecule has 0 aliphatic carbocycles. The van der Waals surface area contributed by atoms with E-state index in [0.29, 0.717) is 17.4 Å². The molecule has 0 N–H and O–H groups in total. The van der Waals surface area contributed by atoms with Gasteiger partial charge in [0.15, 0.2) is 0 Å². The minimum Gasteiger partial charge on any atom is -0.479 e. The Labute approximate surface area is 111 Å². The molecular weight excluding hydrogens is 250 g/mol. The molecule has 0 heterocycles. The van der Waals surface area contributed by atoms with Crippen LogP contribution in [-0.2, 0) is 20.1 Å². The van der Waals surface area contributed by atoms with Gasteiger partial charge in [0.25, 0.3) is 11.1 Å². The molecule has 0 fully saturated rings. The number of oxime groups is 1. The van der Waals surface area contributed by atoms with Gasteiger partial charge in [-0.25, -0.2) is 4.21 Å². The van der Waals surface area contributed by atoms with Gasteiger partial charge in [0.1, 0.15) is 0 Å². The average Bonchev–Trinajstić information content (AvgIpc) is 2.25. The topological polar surface area (TPSA) is 47.9 Å². The zero-order chi connectivity index (χ0) is 13.7. The lowest BCUT2D eigenvalue weighted by Gasteiger charge is -2.09. The quantitative estimate of drug-likeness (QED) is 0.479. The van der Waals surface area contributed by atoms with Crippen molar-refractivity contribution in [3.8, 4) is 0 Å². The Kier molecular flexibility index (Phi) is 5.34. The molecule has 0 aliphatic rings. The molecule has 0 aliphatic heterocycles. The molecule has 1 unspecified atom stereocenters. The highest BCUT2D eigenvalue weighted by molar-refractivity contribution is 7.80. The summed E-state index contributed by atoms with van der Waals surface area (Å²) in [5, 5.41) is 3.69. The number of hydrogen-bond acceptors (Lipinski definition) is 4. The smallest absolute Gasteiger partial charge is 0.265 e. The second-order valence-corrected chi connectivity index (χ2v) is 5.11. The van der Waals surface area contributed by atoms with Crippen LogP contribution in [0.3, 0.4) is 0 Å². The predicted octanol–water partition coefficient (Wildman–Crippen LogP) is 3.02. The molecule has 1 rings (SSSR count). The van der Waals surface area contributed by atoms with Crippen molar-refractivity contribution in [3.05, 3.63) is 28.8 Å². The maximum Gasteiger partial charge on any atom is 0.265 e. The first-order chi connectivity index (χ1) is 8.45. The Balaban J connectivity index is 2.89. The summed E-state index contributed by atoms with van der Waals surface area (Å²) in [7, 11) is 0. The molecule has 0 radical (unpaired) electrons. The number of nitrogens with zero attached hydrogens (tertiary/aromatic N) is 1. The maximum absolute atomic E-state index is 12.0. The van der Waals surface area contributed by atoms with Gasteiger partial charge in [0.05, 0.1) is 11.5 Å². The monoisotopic (exact) mass is 269 g/mol. The molecule has 4 nitrogen and oxygen atoms in total. The molecule has 0 aromatic heterocycles. The molecule has 1 aromatic carbocycles.